The molecule has 1 rings (SSSR count). The molecule has 0 aromatic carbocycles. The number of hydrogen-bond acceptors (Lipinski definition) is 3. The van der Waals surface area contributed by atoms with Crippen molar-refractivity contribution in [2.75, 3.05) is 13.1 Å². The van der Waals surface area contributed by atoms with Crippen LogP contribution in [0.15, 0.2) is 5.16 Å². The Hall–Kier alpha value is -1.27. The van der Waals surface area contributed by atoms with E-state index in [1.807, 2.05) is 0 Å². The fraction of sp³-hybridized carbons (Fsp3) is 0.778. The first-order chi connectivity index (χ1) is 7.33. The number of oxime groups is 1. The molecule has 0 aliphatic carbocycles. The van der Waals surface area contributed by atoms with Crippen molar-refractivity contribution in [3.8, 4) is 0 Å². The average molecular weight is 238 g/mol. The fourth-order valence-electron chi connectivity index (χ4n) is 1.68. The summed E-state index contributed by atoms with van der Waals surface area (Å²) in [4.78, 5) is 12.4. The average Bonchev–Trinajstić information content (AvgIpc) is 2.15. The van der Waals surface area contributed by atoms with Crippen molar-refractivity contribution in [2.24, 2.45) is 11.1 Å². The van der Waals surface area contributed by atoms with Crippen LogP contribution in [0.2, 0.25) is 0 Å². The molecule has 1 fully saturated rings. The summed E-state index contributed by atoms with van der Waals surface area (Å²) in [6.07, 6.45) is -5.57. The molecule has 0 radical (unpaired) electrons. The lowest BCUT2D eigenvalue weighted by Crippen LogP contribution is -2.44. The van der Waals surface area contributed by atoms with Gasteiger partial charge in [0.2, 0.25) is 5.91 Å². The van der Waals surface area contributed by atoms with Crippen molar-refractivity contribution in [2.45, 2.75) is 25.9 Å². The van der Waals surface area contributed by atoms with Crippen LogP contribution in [0.3, 0.4) is 0 Å². The van der Waals surface area contributed by atoms with Crippen LogP contribution in [0.4, 0.5) is 13.2 Å². The molecule has 0 aromatic heterocycles. The van der Waals surface area contributed by atoms with E-state index in [-0.39, 0.29) is 19.0 Å². The third kappa shape index (κ3) is 3.39. The normalized spacial score (nSPS) is 24.9. The predicted molar refractivity (Wildman–Crippen MR) is 50.3 cm³/mol. The minimum Gasteiger partial charge on any atom is -0.411 e. The minimum absolute atomic E-state index is 0.175. The highest BCUT2D eigenvalue weighted by atomic mass is 19.4. The van der Waals surface area contributed by atoms with Gasteiger partial charge in [0.1, 0.15) is 6.42 Å². The largest absolute Gasteiger partial charge is 0.411 e. The van der Waals surface area contributed by atoms with E-state index in [1.54, 1.807) is 6.92 Å². The molecule has 0 bridgehead atoms. The van der Waals surface area contributed by atoms with Gasteiger partial charge in [0.05, 0.1) is 5.71 Å². The van der Waals surface area contributed by atoms with Crippen LogP contribution in [0.1, 0.15) is 19.8 Å². The van der Waals surface area contributed by atoms with Gasteiger partial charge in [-0.1, -0.05) is 12.1 Å². The van der Waals surface area contributed by atoms with E-state index in [0.717, 1.165) is 4.90 Å². The van der Waals surface area contributed by atoms with Crippen LogP contribution in [0.5, 0.6) is 0 Å². The molecule has 7 heteroatoms. The van der Waals surface area contributed by atoms with Crippen LogP contribution in [0, 0.1) is 5.92 Å². The van der Waals surface area contributed by atoms with E-state index in [2.05, 4.69) is 5.16 Å². The van der Waals surface area contributed by atoms with Gasteiger partial charge < -0.3 is 10.1 Å². The monoisotopic (exact) mass is 238 g/mol. The van der Waals surface area contributed by atoms with E-state index in [9.17, 15) is 18.0 Å². The number of likely N-dealkylation sites (tertiary alicyclic amines) is 1. The maximum atomic E-state index is 12.0. The molecule has 0 aromatic rings. The summed E-state index contributed by atoms with van der Waals surface area (Å²) in [6.45, 7) is 2.06. The number of carbonyl (C=O) groups is 1. The summed E-state index contributed by atoms with van der Waals surface area (Å²) in [6, 6.07) is 0. The second-order valence-corrected chi connectivity index (χ2v) is 3.87. The molecule has 1 unspecified atom stereocenters. The first-order valence-electron chi connectivity index (χ1n) is 4.89. The quantitative estimate of drug-likeness (QED) is 0.557. The van der Waals surface area contributed by atoms with E-state index >= 15 is 0 Å². The fourth-order valence-corrected chi connectivity index (χ4v) is 1.68. The molecule has 1 heterocycles. The molecule has 4 nitrogen and oxygen atoms in total. The van der Waals surface area contributed by atoms with Crippen molar-refractivity contribution in [1.29, 1.82) is 0 Å². The van der Waals surface area contributed by atoms with Crippen molar-refractivity contribution >= 4 is 11.6 Å². The SMILES string of the molecule is CC1CN(C(=O)CC(F)(F)F)CCC1=NO. The number of hydrogen-bond donors (Lipinski definition) is 1. The number of piperidine rings is 1. The van der Waals surface area contributed by atoms with Crippen LogP contribution >= 0.6 is 0 Å². The van der Waals surface area contributed by atoms with Gasteiger partial charge in [0.15, 0.2) is 0 Å². The van der Waals surface area contributed by atoms with Crippen LogP contribution in [0.25, 0.3) is 0 Å². The summed E-state index contributed by atoms with van der Waals surface area (Å²) >= 11 is 0. The highest BCUT2D eigenvalue weighted by molar-refractivity contribution is 5.89. The van der Waals surface area contributed by atoms with Gasteiger partial charge in [-0.05, 0) is 0 Å². The van der Waals surface area contributed by atoms with Crippen LogP contribution in [-0.2, 0) is 4.79 Å². The summed E-state index contributed by atoms with van der Waals surface area (Å²) in [5.74, 6) is -1.12. The molecule has 16 heavy (non-hydrogen) atoms. The zero-order valence-electron chi connectivity index (χ0n) is 8.79. The maximum Gasteiger partial charge on any atom is 0.397 e. The molecule has 92 valence electrons. The molecule has 1 atom stereocenters. The zero-order valence-corrected chi connectivity index (χ0v) is 8.79. The van der Waals surface area contributed by atoms with Crippen molar-refractivity contribution in [1.82, 2.24) is 4.90 Å². The number of amides is 1. The van der Waals surface area contributed by atoms with Gasteiger partial charge in [-0.3, -0.25) is 4.79 Å². The Balaban J connectivity index is 2.55. The van der Waals surface area contributed by atoms with E-state index in [0.29, 0.717) is 12.1 Å². The number of rotatable bonds is 1. The van der Waals surface area contributed by atoms with Crippen molar-refractivity contribution < 1.29 is 23.2 Å². The van der Waals surface area contributed by atoms with Gasteiger partial charge in [-0.15, -0.1) is 0 Å². The second kappa shape index (κ2) is 4.71. The second-order valence-electron chi connectivity index (χ2n) is 3.87. The lowest BCUT2D eigenvalue weighted by atomic mass is 9.97. The lowest BCUT2D eigenvalue weighted by Gasteiger charge is -2.31. The van der Waals surface area contributed by atoms with E-state index in [1.165, 1.54) is 0 Å². The lowest BCUT2D eigenvalue weighted by molar-refractivity contribution is -0.161. The third-order valence-electron chi connectivity index (χ3n) is 2.53. The van der Waals surface area contributed by atoms with Gasteiger partial charge in [-0.25, -0.2) is 0 Å². The number of alkyl halides is 3. The molecule has 1 N–H and O–H groups in total. The van der Waals surface area contributed by atoms with Gasteiger partial charge in [0, 0.05) is 25.4 Å². The summed E-state index contributed by atoms with van der Waals surface area (Å²) in [5, 5.41) is 11.6. The molecule has 0 spiro atoms. The Labute approximate surface area is 90.7 Å². The molecular formula is C9H13F3N2O2. The van der Waals surface area contributed by atoms with Crippen LogP contribution in [-0.4, -0.2) is 41.0 Å². The number of halogens is 3. The topological polar surface area (TPSA) is 52.9 Å². The molecule has 1 aliphatic rings. The van der Waals surface area contributed by atoms with Crippen molar-refractivity contribution in [3.05, 3.63) is 0 Å². The van der Waals surface area contributed by atoms with Gasteiger partial charge in [0.25, 0.3) is 0 Å². The smallest absolute Gasteiger partial charge is 0.397 e. The first kappa shape index (κ1) is 12.8. The summed E-state index contributed by atoms with van der Waals surface area (Å²) in [7, 11) is 0. The predicted octanol–water partition coefficient (Wildman–Crippen LogP) is 1.64. The van der Waals surface area contributed by atoms with Gasteiger partial charge >= 0.3 is 6.18 Å². The molecule has 1 amide bonds. The standard InChI is InChI=1S/C9H13F3N2O2/c1-6-5-14(3-2-7(6)13-16)8(15)4-9(10,11)12/h6,16H,2-5H2,1H3. The van der Waals surface area contributed by atoms with E-state index in [4.69, 9.17) is 5.21 Å². The Morgan fingerprint density at radius 3 is 2.69 bits per heavy atom. The minimum atomic E-state index is -4.47. The Morgan fingerprint density at radius 2 is 2.25 bits per heavy atom. The molecule has 0 saturated carbocycles. The Morgan fingerprint density at radius 1 is 1.62 bits per heavy atom. The highest BCUT2D eigenvalue weighted by Gasteiger charge is 2.35. The molecule has 1 saturated heterocycles. The number of nitrogens with zero attached hydrogens (tertiary/aromatic N) is 2. The summed E-state index contributed by atoms with van der Waals surface area (Å²) in [5.41, 5.74) is 0.524. The maximum absolute atomic E-state index is 12.0. The number of carbonyl (C=O) groups excluding carboxylic acids is 1. The van der Waals surface area contributed by atoms with E-state index < -0.39 is 18.5 Å². The third-order valence-corrected chi connectivity index (χ3v) is 2.53. The Bertz CT molecular complexity index is 302. The van der Waals surface area contributed by atoms with Crippen molar-refractivity contribution in [3.63, 3.8) is 0 Å². The highest BCUT2D eigenvalue weighted by Crippen LogP contribution is 2.22. The Kier molecular flexibility index (Phi) is 3.77. The van der Waals surface area contributed by atoms with Crippen LogP contribution < -0.4 is 0 Å². The molecule has 1 aliphatic heterocycles. The first-order valence-corrected chi connectivity index (χ1v) is 4.89. The zero-order chi connectivity index (χ0) is 12.3. The summed E-state index contributed by atoms with van der Waals surface area (Å²) < 4.78 is 36.0. The molecular weight excluding hydrogens is 225 g/mol. The van der Waals surface area contributed by atoms with Gasteiger partial charge in [-0.2, -0.15) is 13.2 Å².